The fourth-order valence-corrected chi connectivity index (χ4v) is 1.76. The molecule has 0 saturated heterocycles. The van der Waals surface area contributed by atoms with Gasteiger partial charge in [0, 0.05) is 4.47 Å². The molecule has 0 saturated carbocycles. The van der Waals surface area contributed by atoms with Gasteiger partial charge in [0.15, 0.2) is 0 Å². The molecule has 3 N–H and O–H groups in total. The molecule has 19 heavy (non-hydrogen) atoms. The van der Waals surface area contributed by atoms with Crippen molar-refractivity contribution in [3.8, 4) is 0 Å². The van der Waals surface area contributed by atoms with E-state index in [4.69, 9.17) is 5.11 Å². The van der Waals surface area contributed by atoms with Crippen LogP contribution in [-0.2, 0) is 9.59 Å². The maximum absolute atomic E-state index is 11.8. The first-order valence-corrected chi connectivity index (χ1v) is 6.23. The van der Waals surface area contributed by atoms with Gasteiger partial charge in [-0.05, 0) is 34.5 Å². The first-order valence-electron chi connectivity index (χ1n) is 5.43. The molecule has 102 valence electrons. The van der Waals surface area contributed by atoms with Crippen molar-refractivity contribution in [3.05, 3.63) is 33.8 Å². The number of nitrogens with one attached hydrogen (secondary N) is 2. The predicted molar refractivity (Wildman–Crippen MR) is 71.9 cm³/mol. The standard InChI is InChI=1S/C12H13BrN2O4/c1-7-3-2-4-8(11(7)13)12(19)15-5-9(16)14-6-10(17)18/h2-4H,5-6H2,1H3,(H,14,16)(H,15,19)(H,17,18). The number of benzene rings is 1. The fourth-order valence-electron chi connectivity index (χ4n) is 1.32. The Morgan fingerprint density at radius 3 is 2.53 bits per heavy atom. The summed E-state index contributed by atoms with van der Waals surface area (Å²) in [5.41, 5.74) is 1.33. The molecular formula is C12H13BrN2O4. The van der Waals surface area contributed by atoms with E-state index < -0.39 is 24.3 Å². The van der Waals surface area contributed by atoms with Crippen LogP contribution >= 0.6 is 15.9 Å². The number of halogens is 1. The highest BCUT2D eigenvalue weighted by atomic mass is 79.9. The minimum atomic E-state index is -1.14. The second-order valence-electron chi connectivity index (χ2n) is 3.79. The number of aryl methyl sites for hydroxylation is 1. The van der Waals surface area contributed by atoms with E-state index in [9.17, 15) is 14.4 Å². The van der Waals surface area contributed by atoms with Crippen molar-refractivity contribution in [3.63, 3.8) is 0 Å². The number of aliphatic carboxylic acids is 1. The molecular weight excluding hydrogens is 316 g/mol. The van der Waals surface area contributed by atoms with Crippen LogP contribution in [0.3, 0.4) is 0 Å². The summed E-state index contributed by atoms with van der Waals surface area (Å²) < 4.78 is 0.665. The summed E-state index contributed by atoms with van der Waals surface area (Å²) in [7, 11) is 0. The molecule has 0 aliphatic heterocycles. The van der Waals surface area contributed by atoms with E-state index >= 15 is 0 Å². The zero-order valence-electron chi connectivity index (χ0n) is 10.2. The Bertz CT molecular complexity index is 516. The van der Waals surface area contributed by atoms with Gasteiger partial charge in [0.2, 0.25) is 5.91 Å². The summed E-state index contributed by atoms with van der Waals surface area (Å²) in [5.74, 6) is -2.10. The highest BCUT2D eigenvalue weighted by molar-refractivity contribution is 9.10. The average Bonchev–Trinajstić information content (AvgIpc) is 2.36. The van der Waals surface area contributed by atoms with Crippen molar-refractivity contribution in [2.24, 2.45) is 0 Å². The summed E-state index contributed by atoms with van der Waals surface area (Å²) in [4.78, 5) is 33.3. The predicted octanol–water partition coefficient (Wildman–Crippen LogP) is 0.688. The molecule has 0 aliphatic carbocycles. The molecule has 1 aromatic carbocycles. The van der Waals surface area contributed by atoms with Gasteiger partial charge in [-0.2, -0.15) is 0 Å². The largest absolute Gasteiger partial charge is 0.480 e. The Balaban J connectivity index is 2.54. The highest BCUT2D eigenvalue weighted by Crippen LogP contribution is 2.20. The summed E-state index contributed by atoms with van der Waals surface area (Å²) in [6, 6.07) is 5.21. The van der Waals surface area contributed by atoms with Crippen molar-refractivity contribution in [2.45, 2.75) is 6.92 Å². The topological polar surface area (TPSA) is 95.5 Å². The van der Waals surface area contributed by atoms with Crippen molar-refractivity contribution in [1.29, 1.82) is 0 Å². The number of rotatable bonds is 5. The van der Waals surface area contributed by atoms with Gasteiger partial charge in [-0.3, -0.25) is 14.4 Å². The molecule has 0 unspecified atom stereocenters. The van der Waals surface area contributed by atoms with Gasteiger partial charge < -0.3 is 15.7 Å². The Hall–Kier alpha value is -1.89. The number of carbonyl (C=O) groups excluding carboxylic acids is 2. The molecule has 0 radical (unpaired) electrons. The van der Waals surface area contributed by atoms with Gasteiger partial charge in [0.25, 0.3) is 5.91 Å². The van der Waals surface area contributed by atoms with Gasteiger partial charge in [-0.15, -0.1) is 0 Å². The van der Waals surface area contributed by atoms with Crippen LogP contribution in [-0.4, -0.2) is 36.0 Å². The van der Waals surface area contributed by atoms with Gasteiger partial charge in [0.1, 0.15) is 6.54 Å². The third-order valence-corrected chi connectivity index (χ3v) is 3.34. The lowest BCUT2D eigenvalue weighted by Crippen LogP contribution is -2.39. The van der Waals surface area contributed by atoms with Crippen molar-refractivity contribution < 1.29 is 19.5 Å². The third-order valence-electron chi connectivity index (χ3n) is 2.28. The summed E-state index contributed by atoms with van der Waals surface area (Å²) >= 11 is 3.30. The molecule has 2 amide bonds. The van der Waals surface area contributed by atoms with E-state index in [-0.39, 0.29) is 6.54 Å². The minimum absolute atomic E-state index is 0.271. The van der Waals surface area contributed by atoms with Crippen molar-refractivity contribution in [1.82, 2.24) is 10.6 Å². The molecule has 6 nitrogen and oxygen atoms in total. The third kappa shape index (κ3) is 4.70. The first kappa shape index (κ1) is 15.2. The minimum Gasteiger partial charge on any atom is -0.480 e. The van der Waals surface area contributed by atoms with E-state index in [1.165, 1.54) is 0 Å². The second-order valence-corrected chi connectivity index (χ2v) is 4.58. The lowest BCUT2D eigenvalue weighted by molar-refractivity contribution is -0.137. The molecule has 0 aromatic heterocycles. The fraction of sp³-hybridized carbons (Fsp3) is 0.250. The summed E-state index contributed by atoms with van der Waals surface area (Å²) in [6.45, 7) is 1.11. The zero-order chi connectivity index (χ0) is 14.4. The number of carboxylic acid groups (broad SMARTS) is 1. The van der Waals surface area contributed by atoms with E-state index in [0.717, 1.165) is 5.56 Å². The Morgan fingerprint density at radius 2 is 1.89 bits per heavy atom. The maximum Gasteiger partial charge on any atom is 0.322 e. The molecule has 7 heteroatoms. The molecule has 1 rings (SSSR count). The van der Waals surface area contributed by atoms with Gasteiger partial charge in [0.05, 0.1) is 12.1 Å². The van der Waals surface area contributed by atoms with Crippen LogP contribution in [0.5, 0.6) is 0 Å². The number of hydrogen-bond donors (Lipinski definition) is 3. The lowest BCUT2D eigenvalue weighted by atomic mass is 10.1. The van der Waals surface area contributed by atoms with Crippen LogP contribution in [0.25, 0.3) is 0 Å². The maximum atomic E-state index is 11.8. The number of carboxylic acids is 1. The van der Waals surface area contributed by atoms with Crippen LogP contribution in [0.2, 0.25) is 0 Å². The molecule has 0 aliphatic rings. The molecule has 0 atom stereocenters. The first-order chi connectivity index (χ1) is 8.91. The Kier molecular flexibility index (Phi) is 5.50. The van der Waals surface area contributed by atoms with E-state index in [2.05, 4.69) is 26.6 Å². The zero-order valence-corrected chi connectivity index (χ0v) is 11.8. The van der Waals surface area contributed by atoms with Crippen LogP contribution in [0, 0.1) is 6.92 Å². The lowest BCUT2D eigenvalue weighted by Gasteiger charge is -2.08. The van der Waals surface area contributed by atoms with Crippen molar-refractivity contribution >= 4 is 33.7 Å². The number of hydrogen-bond acceptors (Lipinski definition) is 3. The van der Waals surface area contributed by atoms with E-state index in [1.54, 1.807) is 12.1 Å². The monoisotopic (exact) mass is 328 g/mol. The summed E-state index contributed by atoms with van der Waals surface area (Å²) in [5, 5.41) is 12.9. The van der Waals surface area contributed by atoms with Gasteiger partial charge in [-0.25, -0.2) is 0 Å². The molecule has 1 aromatic rings. The van der Waals surface area contributed by atoms with Crippen LogP contribution in [0.4, 0.5) is 0 Å². The highest BCUT2D eigenvalue weighted by Gasteiger charge is 2.12. The molecule has 0 spiro atoms. The van der Waals surface area contributed by atoms with Crippen LogP contribution < -0.4 is 10.6 Å². The van der Waals surface area contributed by atoms with Crippen LogP contribution in [0.1, 0.15) is 15.9 Å². The molecule has 0 bridgehead atoms. The molecule has 0 heterocycles. The van der Waals surface area contributed by atoms with Crippen molar-refractivity contribution in [2.75, 3.05) is 13.1 Å². The van der Waals surface area contributed by atoms with E-state index in [0.29, 0.717) is 10.0 Å². The quantitative estimate of drug-likeness (QED) is 0.741. The smallest absolute Gasteiger partial charge is 0.322 e. The van der Waals surface area contributed by atoms with Gasteiger partial charge in [-0.1, -0.05) is 12.1 Å². The summed E-state index contributed by atoms with van der Waals surface area (Å²) in [6.07, 6.45) is 0. The normalized spacial score (nSPS) is 9.79. The Labute approximate surface area is 118 Å². The van der Waals surface area contributed by atoms with Crippen LogP contribution in [0.15, 0.2) is 22.7 Å². The Morgan fingerprint density at radius 1 is 1.21 bits per heavy atom. The number of amides is 2. The number of carbonyl (C=O) groups is 3. The van der Waals surface area contributed by atoms with Gasteiger partial charge >= 0.3 is 5.97 Å². The average molecular weight is 329 g/mol. The second kappa shape index (κ2) is 6.89. The molecule has 0 fully saturated rings. The SMILES string of the molecule is Cc1cccc(C(=O)NCC(=O)NCC(=O)O)c1Br. The van der Waals surface area contributed by atoms with E-state index in [1.807, 2.05) is 13.0 Å².